The van der Waals surface area contributed by atoms with Gasteiger partial charge in [-0.25, -0.2) is 4.79 Å². The maximum Gasteiger partial charge on any atom is 0.319 e. The molecule has 0 spiro atoms. The predicted octanol–water partition coefficient (Wildman–Crippen LogP) is 3.07. The van der Waals surface area contributed by atoms with E-state index in [1.807, 2.05) is 42.5 Å². The Morgan fingerprint density at radius 3 is 2.72 bits per heavy atom. The van der Waals surface area contributed by atoms with E-state index >= 15 is 0 Å². The molecule has 3 N–H and O–H groups in total. The number of nitrogens with zero attached hydrogens (tertiary/aromatic N) is 1. The summed E-state index contributed by atoms with van der Waals surface area (Å²) in [6.07, 6.45) is 2.43. The summed E-state index contributed by atoms with van der Waals surface area (Å²) in [5.74, 6) is 0. The molecule has 0 bridgehead atoms. The highest BCUT2D eigenvalue weighted by Crippen LogP contribution is 2.31. The summed E-state index contributed by atoms with van der Waals surface area (Å²) >= 11 is 0. The number of hydrogen-bond acceptors (Lipinski definition) is 3. The molecule has 5 heteroatoms. The van der Waals surface area contributed by atoms with Gasteiger partial charge < -0.3 is 20.6 Å². The molecule has 0 saturated carbocycles. The van der Waals surface area contributed by atoms with Crippen molar-refractivity contribution < 1.29 is 9.90 Å². The van der Waals surface area contributed by atoms with Gasteiger partial charge in [0.15, 0.2) is 0 Å². The smallest absolute Gasteiger partial charge is 0.319 e. The van der Waals surface area contributed by atoms with E-state index < -0.39 is 6.10 Å². The van der Waals surface area contributed by atoms with E-state index in [1.165, 1.54) is 12.8 Å². The van der Waals surface area contributed by atoms with Crippen molar-refractivity contribution in [3.63, 3.8) is 0 Å². The number of fused-ring (bicyclic) bond motifs is 1. The van der Waals surface area contributed by atoms with Crippen LogP contribution < -0.4 is 15.5 Å². The van der Waals surface area contributed by atoms with Gasteiger partial charge in [-0.1, -0.05) is 30.3 Å². The van der Waals surface area contributed by atoms with Crippen molar-refractivity contribution in [1.82, 2.24) is 5.32 Å². The summed E-state index contributed by atoms with van der Waals surface area (Å²) in [4.78, 5) is 14.7. The monoisotopic (exact) mass is 337 g/mol. The SMILES string of the molecule is O=C(Nc1cccc(N2CCCC2)c1)N[C@H]1c2ccccc2C[C@H]1O. The number of benzene rings is 2. The van der Waals surface area contributed by atoms with Crippen molar-refractivity contribution >= 4 is 17.4 Å². The van der Waals surface area contributed by atoms with E-state index in [0.29, 0.717) is 6.42 Å². The Morgan fingerprint density at radius 2 is 1.88 bits per heavy atom. The lowest BCUT2D eigenvalue weighted by Gasteiger charge is -2.20. The number of aliphatic hydroxyl groups is 1. The van der Waals surface area contributed by atoms with Gasteiger partial charge in [0, 0.05) is 30.9 Å². The molecular weight excluding hydrogens is 314 g/mol. The minimum atomic E-state index is -0.584. The second kappa shape index (κ2) is 6.76. The number of urea groups is 1. The number of aliphatic hydroxyl groups excluding tert-OH is 1. The van der Waals surface area contributed by atoms with Crippen LogP contribution in [-0.2, 0) is 6.42 Å². The summed E-state index contributed by atoms with van der Waals surface area (Å²) in [6.45, 7) is 2.14. The quantitative estimate of drug-likeness (QED) is 0.806. The molecular formula is C20H23N3O2. The van der Waals surface area contributed by atoms with E-state index in [-0.39, 0.29) is 12.1 Å². The van der Waals surface area contributed by atoms with Crippen LogP contribution in [0.15, 0.2) is 48.5 Å². The third-order valence-corrected chi connectivity index (χ3v) is 5.07. The van der Waals surface area contributed by atoms with Crippen molar-refractivity contribution in [2.45, 2.75) is 31.4 Å². The standard InChI is InChI=1S/C20H23N3O2/c24-18-12-14-6-1-2-9-17(14)19(18)22-20(25)21-15-7-5-8-16(13-15)23-10-3-4-11-23/h1-2,5-9,13,18-19,24H,3-4,10-12H2,(H2,21,22,25)/t18-,19+/m1/s1. The van der Waals surface area contributed by atoms with Gasteiger partial charge in [-0.3, -0.25) is 0 Å². The van der Waals surface area contributed by atoms with Crippen LogP contribution in [0, 0.1) is 0 Å². The number of rotatable bonds is 3. The number of amides is 2. The molecule has 0 aromatic heterocycles. The highest BCUT2D eigenvalue weighted by atomic mass is 16.3. The molecule has 1 aliphatic carbocycles. The Kier molecular flexibility index (Phi) is 4.32. The Hall–Kier alpha value is -2.53. The van der Waals surface area contributed by atoms with Gasteiger partial charge in [-0.15, -0.1) is 0 Å². The Balaban J connectivity index is 1.43. The molecule has 130 valence electrons. The topological polar surface area (TPSA) is 64.6 Å². The van der Waals surface area contributed by atoms with E-state index in [4.69, 9.17) is 0 Å². The molecule has 2 aromatic carbocycles. The number of carbonyl (C=O) groups excluding carboxylic acids is 1. The molecule has 2 atom stereocenters. The Bertz CT molecular complexity index is 771. The molecule has 0 radical (unpaired) electrons. The van der Waals surface area contributed by atoms with Gasteiger partial charge in [-0.2, -0.15) is 0 Å². The first-order valence-corrected chi connectivity index (χ1v) is 8.89. The molecule has 4 rings (SSSR count). The molecule has 2 amide bonds. The lowest BCUT2D eigenvalue weighted by Crippen LogP contribution is -2.36. The van der Waals surface area contributed by atoms with Crippen molar-refractivity contribution in [3.8, 4) is 0 Å². The molecule has 1 fully saturated rings. The van der Waals surface area contributed by atoms with Gasteiger partial charge in [-0.05, 0) is 42.2 Å². The molecule has 2 aromatic rings. The first-order chi connectivity index (χ1) is 12.2. The molecule has 1 heterocycles. The number of nitrogens with one attached hydrogen (secondary N) is 2. The average molecular weight is 337 g/mol. The fourth-order valence-electron chi connectivity index (χ4n) is 3.81. The summed E-state index contributed by atoms with van der Waals surface area (Å²) in [7, 11) is 0. The number of hydrogen-bond donors (Lipinski definition) is 3. The number of carbonyl (C=O) groups is 1. The van der Waals surface area contributed by atoms with Crippen molar-refractivity contribution in [3.05, 3.63) is 59.7 Å². The van der Waals surface area contributed by atoms with Crippen LogP contribution in [-0.4, -0.2) is 30.3 Å². The van der Waals surface area contributed by atoms with Crippen LogP contribution in [0.2, 0.25) is 0 Å². The maximum atomic E-state index is 12.4. The molecule has 5 nitrogen and oxygen atoms in total. The van der Waals surface area contributed by atoms with Crippen LogP contribution in [0.4, 0.5) is 16.2 Å². The lowest BCUT2D eigenvalue weighted by atomic mass is 10.1. The second-order valence-corrected chi connectivity index (χ2v) is 6.79. The third kappa shape index (κ3) is 3.33. The highest BCUT2D eigenvalue weighted by molar-refractivity contribution is 5.90. The molecule has 2 aliphatic rings. The zero-order valence-corrected chi connectivity index (χ0v) is 14.1. The van der Waals surface area contributed by atoms with Crippen LogP contribution in [0.25, 0.3) is 0 Å². The predicted molar refractivity (Wildman–Crippen MR) is 98.9 cm³/mol. The van der Waals surface area contributed by atoms with Crippen LogP contribution in [0.5, 0.6) is 0 Å². The average Bonchev–Trinajstić information content (AvgIpc) is 3.24. The van der Waals surface area contributed by atoms with Crippen molar-refractivity contribution in [2.75, 3.05) is 23.3 Å². The lowest BCUT2D eigenvalue weighted by molar-refractivity contribution is 0.144. The van der Waals surface area contributed by atoms with Gasteiger partial charge in [0.2, 0.25) is 0 Å². The van der Waals surface area contributed by atoms with Gasteiger partial charge in [0.05, 0.1) is 12.1 Å². The minimum Gasteiger partial charge on any atom is -0.390 e. The molecule has 25 heavy (non-hydrogen) atoms. The Labute approximate surface area is 147 Å². The molecule has 1 saturated heterocycles. The second-order valence-electron chi connectivity index (χ2n) is 6.79. The van der Waals surface area contributed by atoms with Crippen LogP contribution >= 0.6 is 0 Å². The van der Waals surface area contributed by atoms with Crippen LogP contribution in [0.3, 0.4) is 0 Å². The van der Waals surface area contributed by atoms with E-state index in [1.54, 1.807) is 0 Å². The highest BCUT2D eigenvalue weighted by Gasteiger charge is 2.31. The third-order valence-electron chi connectivity index (χ3n) is 5.07. The maximum absolute atomic E-state index is 12.4. The molecule has 0 unspecified atom stereocenters. The first-order valence-electron chi connectivity index (χ1n) is 8.89. The summed E-state index contributed by atoms with van der Waals surface area (Å²) in [6, 6.07) is 15.1. The van der Waals surface area contributed by atoms with E-state index in [9.17, 15) is 9.90 Å². The summed E-state index contributed by atoms with van der Waals surface area (Å²) < 4.78 is 0. The van der Waals surface area contributed by atoms with E-state index in [2.05, 4.69) is 21.6 Å². The fraction of sp³-hybridized carbons (Fsp3) is 0.350. The summed E-state index contributed by atoms with van der Waals surface area (Å²) in [5, 5.41) is 16.1. The fourth-order valence-corrected chi connectivity index (χ4v) is 3.81. The summed E-state index contributed by atoms with van der Waals surface area (Å²) in [5.41, 5.74) is 4.00. The minimum absolute atomic E-state index is 0.292. The zero-order chi connectivity index (χ0) is 17.2. The number of anilines is 2. The van der Waals surface area contributed by atoms with Gasteiger partial charge in [0.1, 0.15) is 0 Å². The first kappa shape index (κ1) is 16.0. The molecule has 1 aliphatic heterocycles. The van der Waals surface area contributed by atoms with Gasteiger partial charge >= 0.3 is 6.03 Å². The van der Waals surface area contributed by atoms with Crippen LogP contribution in [0.1, 0.15) is 30.0 Å². The van der Waals surface area contributed by atoms with Gasteiger partial charge in [0.25, 0.3) is 0 Å². The largest absolute Gasteiger partial charge is 0.390 e. The van der Waals surface area contributed by atoms with Crippen molar-refractivity contribution in [2.24, 2.45) is 0 Å². The Morgan fingerprint density at radius 1 is 1.08 bits per heavy atom. The normalized spacial score (nSPS) is 21.9. The van der Waals surface area contributed by atoms with E-state index in [0.717, 1.165) is 35.6 Å². The zero-order valence-electron chi connectivity index (χ0n) is 14.1. The van der Waals surface area contributed by atoms with Crippen molar-refractivity contribution in [1.29, 1.82) is 0 Å².